The Bertz CT molecular complexity index is 1430. The van der Waals surface area contributed by atoms with Crippen molar-refractivity contribution in [3.8, 4) is 11.4 Å². The summed E-state index contributed by atoms with van der Waals surface area (Å²) in [6.07, 6.45) is 6.56. The molecule has 0 radical (unpaired) electrons. The summed E-state index contributed by atoms with van der Waals surface area (Å²) in [7, 11) is -3.46. The molecule has 5 rings (SSSR count). The van der Waals surface area contributed by atoms with Crippen LogP contribution in [0, 0.1) is 11.7 Å². The maximum atomic E-state index is 13.4. The quantitative estimate of drug-likeness (QED) is 0.286. The van der Waals surface area contributed by atoms with E-state index in [-0.39, 0.29) is 17.5 Å². The highest BCUT2D eigenvalue weighted by molar-refractivity contribution is 7.89. The molecular formula is C29H32FN3O3S. The zero-order chi connectivity index (χ0) is 25.8. The topological polar surface area (TPSA) is 73.2 Å². The van der Waals surface area contributed by atoms with Crippen LogP contribution < -0.4 is 9.46 Å². The number of hydrogen-bond donors (Lipinski definition) is 1. The van der Waals surface area contributed by atoms with Crippen LogP contribution in [0.25, 0.3) is 16.6 Å². The summed E-state index contributed by atoms with van der Waals surface area (Å²) in [5, 5.41) is 5.32. The standard InChI is InChI=1S/C29H32FN3O3S/c1-21(32-37(34,35)20-22-8-4-2-5-9-22)29(23-10-6-3-7-11-23)36-27-16-17-28-24(18-27)19-31-33(28)26-14-12-25(30)13-15-26/h3,6-7,10-19,21-22,29,32H,2,4-5,8-9,20H2,1H3/t21-,29+/m0/s1. The third-order valence-corrected chi connectivity index (χ3v) is 8.64. The number of nitrogens with one attached hydrogen (secondary N) is 1. The van der Waals surface area contributed by atoms with Crippen molar-refractivity contribution in [1.82, 2.24) is 14.5 Å². The summed E-state index contributed by atoms with van der Waals surface area (Å²) in [6, 6.07) is 21.0. The minimum atomic E-state index is -3.46. The molecule has 1 aliphatic rings. The van der Waals surface area contributed by atoms with Gasteiger partial charge < -0.3 is 4.74 Å². The van der Waals surface area contributed by atoms with Gasteiger partial charge in [-0.1, -0.05) is 49.6 Å². The first-order valence-electron chi connectivity index (χ1n) is 12.8. The van der Waals surface area contributed by atoms with Gasteiger partial charge in [-0.25, -0.2) is 22.2 Å². The number of nitrogens with zero attached hydrogens (tertiary/aromatic N) is 2. The Balaban J connectivity index is 1.37. The highest BCUT2D eigenvalue weighted by Gasteiger charge is 2.28. The van der Waals surface area contributed by atoms with Gasteiger partial charge in [-0.2, -0.15) is 5.10 Å². The van der Waals surface area contributed by atoms with Crippen LogP contribution in [-0.2, 0) is 10.0 Å². The Morgan fingerprint density at radius 1 is 1.03 bits per heavy atom. The van der Waals surface area contributed by atoms with E-state index < -0.39 is 22.2 Å². The van der Waals surface area contributed by atoms with Crippen molar-refractivity contribution in [2.45, 2.75) is 51.2 Å². The number of benzene rings is 3. The number of sulfonamides is 1. The molecular weight excluding hydrogens is 489 g/mol. The van der Waals surface area contributed by atoms with Gasteiger partial charge in [-0.3, -0.25) is 0 Å². The van der Waals surface area contributed by atoms with Gasteiger partial charge in [0.25, 0.3) is 0 Å². The Labute approximate surface area is 217 Å². The van der Waals surface area contributed by atoms with Gasteiger partial charge in [-0.15, -0.1) is 0 Å². The lowest BCUT2D eigenvalue weighted by atomic mass is 9.91. The Hall–Kier alpha value is -3.23. The molecule has 8 heteroatoms. The second kappa shape index (κ2) is 11.0. The SMILES string of the molecule is C[C@H](NS(=O)(=O)CC1CCCCC1)[C@@H](Oc1ccc2c(cnn2-c2ccc(F)cc2)c1)c1ccccc1. The predicted molar refractivity (Wildman–Crippen MR) is 144 cm³/mol. The van der Waals surface area contributed by atoms with E-state index in [1.807, 2.05) is 55.5 Å². The van der Waals surface area contributed by atoms with Crippen LogP contribution >= 0.6 is 0 Å². The number of halogens is 1. The monoisotopic (exact) mass is 521 g/mol. The van der Waals surface area contributed by atoms with E-state index in [0.29, 0.717) is 5.75 Å². The highest BCUT2D eigenvalue weighted by Crippen LogP contribution is 2.30. The Morgan fingerprint density at radius 3 is 2.49 bits per heavy atom. The average molecular weight is 522 g/mol. The van der Waals surface area contributed by atoms with E-state index in [2.05, 4.69) is 9.82 Å². The maximum absolute atomic E-state index is 13.4. The van der Waals surface area contributed by atoms with E-state index in [1.54, 1.807) is 23.0 Å². The lowest BCUT2D eigenvalue weighted by Gasteiger charge is -2.28. The Kier molecular flexibility index (Phi) is 7.58. The molecule has 0 spiro atoms. The van der Waals surface area contributed by atoms with E-state index in [1.165, 1.54) is 18.6 Å². The molecule has 194 valence electrons. The number of hydrogen-bond acceptors (Lipinski definition) is 4. The number of fused-ring (bicyclic) bond motifs is 1. The molecule has 1 fully saturated rings. The van der Waals surface area contributed by atoms with Crippen molar-refractivity contribution in [3.63, 3.8) is 0 Å². The van der Waals surface area contributed by atoms with Crippen molar-refractivity contribution in [1.29, 1.82) is 0 Å². The van der Waals surface area contributed by atoms with Gasteiger partial charge in [0.15, 0.2) is 0 Å². The van der Waals surface area contributed by atoms with Crippen LogP contribution in [0.4, 0.5) is 4.39 Å². The molecule has 37 heavy (non-hydrogen) atoms. The van der Waals surface area contributed by atoms with Gasteiger partial charge in [0.1, 0.15) is 17.7 Å². The van der Waals surface area contributed by atoms with Gasteiger partial charge >= 0.3 is 0 Å². The number of aromatic nitrogens is 2. The molecule has 1 heterocycles. The molecule has 6 nitrogen and oxygen atoms in total. The molecule has 0 saturated heterocycles. The zero-order valence-electron chi connectivity index (χ0n) is 20.9. The van der Waals surface area contributed by atoms with Crippen LogP contribution in [0.5, 0.6) is 5.75 Å². The molecule has 1 N–H and O–H groups in total. The summed E-state index contributed by atoms with van der Waals surface area (Å²) < 4.78 is 50.5. The fourth-order valence-corrected chi connectivity index (χ4v) is 6.92. The smallest absolute Gasteiger partial charge is 0.212 e. The molecule has 0 aliphatic heterocycles. The first kappa shape index (κ1) is 25.4. The fraction of sp³-hybridized carbons (Fsp3) is 0.345. The van der Waals surface area contributed by atoms with Crippen molar-refractivity contribution >= 4 is 20.9 Å². The van der Waals surface area contributed by atoms with E-state index in [4.69, 9.17) is 4.74 Å². The van der Waals surface area contributed by atoms with Gasteiger partial charge in [-0.05, 0) is 73.7 Å². The van der Waals surface area contributed by atoms with Crippen LogP contribution in [0.1, 0.15) is 50.7 Å². The van der Waals surface area contributed by atoms with Crippen molar-refractivity contribution in [3.05, 3.63) is 90.4 Å². The van der Waals surface area contributed by atoms with E-state index in [0.717, 1.165) is 47.8 Å². The summed E-state index contributed by atoms with van der Waals surface area (Å²) in [5.41, 5.74) is 2.50. The summed E-state index contributed by atoms with van der Waals surface area (Å²) in [4.78, 5) is 0. The van der Waals surface area contributed by atoms with Crippen LogP contribution in [0.2, 0.25) is 0 Å². The molecule has 2 atom stereocenters. The molecule has 0 unspecified atom stereocenters. The largest absolute Gasteiger partial charge is 0.484 e. The normalized spacial score (nSPS) is 16.5. The summed E-state index contributed by atoms with van der Waals surface area (Å²) in [5.74, 6) is 0.687. The average Bonchev–Trinajstić information content (AvgIpc) is 3.31. The molecule has 0 amide bonds. The van der Waals surface area contributed by atoms with Gasteiger partial charge in [0.05, 0.1) is 29.2 Å². The molecule has 1 aliphatic carbocycles. The molecule has 1 saturated carbocycles. The van der Waals surface area contributed by atoms with E-state index in [9.17, 15) is 12.8 Å². The van der Waals surface area contributed by atoms with Crippen molar-refractivity contribution in [2.75, 3.05) is 5.75 Å². The van der Waals surface area contributed by atoms with Crippen LogP contribution in [0.15, 0.2) is 79.0 Å². The number of ether oxygens (including phenoxy) is 1. The Morgan fingerprint density at radius 2 is 1.76 bits per heavy atom. The van der Waals surface area contributed by atoms with Crippen molar-refractivity contribution in [2.24, 2.45) is 5.92 Å². The zero-order valence-corrected chi connectivity index (χ0v) is 21.7. The number of rotatable bonds is 9. The third-order valence-electron chi connectivity index (χ3n) is 7.00. The second-order valence-electron chi connectivity index (χ2n) is 9.89. The molecule has 4 aromatic rings. The summed E-state index contributed by atoms with van der Waals surface area (Å²) >= 11 is 0. The minimum absolute atomic E-state index is 0.160. The van der Waals surface area contributed by atoms with Crippen LogP contribution in [-0.4, -0.2) is 30.0 Å². The summed E-state index contributed by atoms with van der Waals surface area (Å²) in [6.45, 7) is 1.85. The van der Waals surface area contributed by atoms with Crippen molar-refractivity contribution < 1.29 is 17.5 Å². The van der Waals surface area contributed by atoms with Gasteiger partial charge in [0, 0.05) is 5.39 Å². The highest BCUT2D eigenvalue weighted by atomic mass is 32.2. The van der Waals surface area contributed by atoms with Crippen LogP contribution in [0.3, 0.4) is 0 Å². The second-order valence-corrected chi connectivity index (χ2v) is 11.7. The lowest BCUT2D eigenvalue weighted by molar-refractivity contribution is 0.173. The fourth-order valence-electron chi connectivity index (χ4n) is 5.18. The third kappa shape index (κ3) is 6.19. The first-order valence-corrected chi connectivity index (χ1v) is 14.5. The lowest BCUT2D eigenvalue weighted by Crippen LogP contribution is -2.41. The van der Waals surface area contributed by atoms with E-state index >= 15 is 0 Å². The molecule has 3 aromatic carbocycles. The molecule has 1 aromatic heterocycles. The maximum Gasteiger partial charge on any atom is 0.212 e. The first-order chi connectivity index (χ1) is 17.9. The molecule has 0 bridgehead atoms. The van der Waals surface area contributed by atoms with Gasteiger partial charge in [0.2, 0.25) is 10.0 Å². The predicted octanol–water partition coefficient (Wildman–Crippen LogP) is 6.17. The minimum Gasteiger partial charge on any atom is -0.484 e.